The average molecular weight is 209 g/mol. The second-order valence-corrected chi connectivity index (χ2v) is 5.71. The molecule has 4 atom stereocenters. The molecule has 0 unspecified atom stereocenters. The van der Waals surface area contributed by atoms with Crippen LogP contribution in [0.25, 0.3) is 0 Å². The summed E-state index contributed by atoms with van der Waals surface area (Å²) in [5, 5.41) is 0. The minimum atomic E-state index is 0.600. The largest absolute Gasteiger partial charge is 0.363 e. The molecule has 86 valence electrons. The molecular formula is C13H23NO. The summed E-state index contributed by atoms with van der Waals surface area (Å²) in [6.07, 6.45) is 10.4. The van der Waals surface area contributed by atoms with Gasteiger partial charge in [-0.15, -0.1) is 0 Å². The number of hydrogen-bond donors (Lipinski definition) is 0. The molecule has 3 aliphatic rings. The Kier molecular flexibility index (Phi) is 2.73. The lowest BCUT2D eigenvalue weighted by Gasteiger charge is -2.39. The molecule has 3 fully saturated rings. The van der Waals surface area contributed by atoms with Gasteiger partial charge in [0.1, 0.15) is 0 Å². The number of ether oxygens (including phenoxy) is 1. The van der Waals surface area contributed by atoms with E-state index in [1.807, 2.05) is 0 Å². The minimum absolute atomic E-state index is 0.600. The summed E-state index contributed by atoms with van der Waals surface area (Å²) < 4.78 is 6.09. The Morgan fingerprint density at radius 3 is 2.87 bits per heavy atom. The maximum absolute atomic E-state index is 6.09. The van der Waals surface area contributed by atoms with Gasteiger partial charge in [-0.3, -0.25) is 4.90 Å². The zero-order valence-corrected chi connectivity index (χ0v) is 9.82. The molecule has 0 aromatic heterocycles. The molecule has 0 aromatic rings. The van der Waals surface area contributed by atoms with Gasteiger partial charge in [-0.05, 0) is 44.9 Å². The quantitative estimate of drug-likeness (QED) is 0.608. The van der Waals surface area contributed by atoms with Crippen molar-refractivity contribution in [3.63, 3.8) is 0 Å². The highest BCUT2D eigenvalue weighted by Crippen LogP contribution is 2.38. The van der Waals surface area contributed by atoms with Crippen LogP contribution in [0.4, 0.5) is 0 Å². The first-order valence-corrected chi connectivity index (χ1v) is 6.72. The van der Waals surface area contributed by atoms with Crippen molar-refractivity contribution in [3.05, 3.63) is 0 Å². The van der Waals surface area contributed by atoms with Crippen molar-refractivity contribution < 1.29 is 4.74 Å². The highest BCUT2D eigenvalue weighted by molar-refractivity contribution is 4.89. The third kappa shape index (κ3) is 1.83. The molecule has 1 aliphatic carbocycles. The fraction of sp³-hybridized carbons (Fsp3) is 1.00. The second-order valence-electron chi connectivity index (χ2n) is 5.71. The lowest BCUT2D eigenvalue weighted by atomic mass is 9.89. The van der Waals surface area contributed by atoms with Gasteiger partial charge in [0.15, 0.2) is 0 Å². The van der Waals surface area contributed by atoms with Crippen LogP contribution in [0.3, 0.4) is 0 Å². The Morgan fingerprint density at radius 2 is 1.93 bits per heavy atom. The minimum Gasteiger partial charge on any atom is -0.363 e. The standard InChI is InChI=1S/C13H23NO/c1-10-4-2-6-12-8-11-5-3-7-13(11)15-9-14(10)12/h10-13H,2-9H2,1H3/t10-,11+,12-,13-/m1/s1. The van der Waals surface area contributed by atoms with Crippen molar-refractivity contribution in [3.8, 4) is 0 Å². The molecule has 0 N–H and O–H groups in total. The van der Waals surface area contributed by atoms with Gasteiger partial charge in [-0.1, -0.05) is 12.8 Å². The maximum atomic E-state index is 6.09. The monoisotopic (exact) mass is 209 g/mol. The van der Waals surface area contributed by atoms with Crippen LogP contribution in [-0.2, 0) is 4.74 Å². The molecule has 2 aliphatic heterocycles. The Bertz CT molecular complexity index is 231. The number of hydrogen-bond acceptors (Lipinski definition) is 2. The van der Waals surface area contributed by atoms with Crippen LogP contribution in [0.2, 0.25) is 0 Å². The van der Waals surface area contributed by atoms with Crippen LogP contribution in [0, 0.1) is 5.92 Å². The first kappa shape index (κ1) is 10.1. The normalized spacial score (nSPS) is 47.0. The molecule has 2 heteroatoms. The van der Waals surface area contributed by atoms with Crippen LogP contribution in [0.5, 0.6) is 0 Å². The number of piperidine rings is 1. The highest BCUT2D eigenvalue weighted by atomic mass is 16.5. The van der Waals surface area contributed by atoms with E-state index in [4.69, 9.17) is 4.74 Å². The van der Waals surface area contributed by atoms with Crippen LogP contribution >= 0.6 is 0 Å². The van der Waals surface area contributed by atoms with Crippen molar-refractivity contribution in [2.24, 2.45) is 5.92 Å². The van der Waals surface area contributed by atoms with E-state index in [2.05, 4.69) is 11.8 Å². The summed E-state index contributed by atoms with van der Waals surface area (Å²) in [6, 6.07) is 1.59. The Morgan fingerprint density at radius 1 is 1.07 bits per heavy atom. The molecule has 1 saturated carbocycles. The van der Waals surface area contributed by atoms with Gasteiger partial charge in [-0.2, -0.15) is 0 Å². The number of rotatable bonds is 0. The fourth-order valence-electron chi connectivity index (χ4n) is 3.85. The second kappa shape index (κ2) is 4.06. The summed E-state index contributed by atoms with van der Waals surface area (Å²) in [5.74, 6) is 0.880. The first-order valence-electron chi connectivity index (χ1n) is 6.72. The molecule has 15 heavy (non-hydrogen) atoms. The predicted octanol–water partition coefficient (Wildman–Crippen LogP) is 2.78. The van der Waals surface area contributed by atoms with Crippen molar-refractivity contribution in [1.82, 2.24) is 4.90 Å². The third-order valence-corrected chi connectivity index (χ3v) is 4.80. The fourth-order valence-corrected chi connectivity index (χ4v) is 3.85. The summed E-state index contributed by atoms with van der Waals surface area (Å²) in [4.78, 5) is 2.63. The van der Waals surface area contributed by atoms with E-state index >= 15 is 0 Å². The smallest absolute Gasteiger partial charge is 0.0998 e. The van der Waals surface area contributed by atoms with E-state index in [1.165, 1.54) is 44.9 Å². The van der Waals surface area contributed by atoms with Gasteiger partial charge >= 0.3 is 0 Å². The summed E-state index contributed by atoms with van der Waals surface area (Å²) >= 11 is 0. The number of fused-ring (bicyclic) bond motifs is 2. The first-order chi connectivity index (χ1) is 7.34. The van der Waals surface area contributed by atoms with Gasteiger partial charge in [0.05, 0.1) is 12.8 Å². The molecule has 0 radical (unpaired) electrons. The zero-order chi connectivity index (χ0) is 10.3. The van der Waals surface area contributed by atoms with E-state index in [9.17, 15) is 0 Å². The lowest BCUT2D eigenvalue weighted by Crippen LogP contribution is -2.45. The molecule has 2 saturated heterocycles. The van der Waals surface area contributed by atoms with Crippen molar-refractivity contribution >= 4 is 0 Å². The van der Waals surface area contributed by atoms with Crippen LogP contribution < -0.4 is 0 Å². The SMILES string of the molecule is C[C@@H]1CCC[C@@H]2C[C@@H]3CCC[C@H]3OCN21. The van der Waals surface area contributed by atoms with Crippen LogP contribution in [-0.4, -0.2) is 29.8 Å². The average Bonchev–Trinajstić information content (AvgIpc) is 2.58. The Hall–Kier alpha value is -0.0800. The van der Waals surface area contributed by atoms with Crippen molar-refractivity contribution in [2.45, 2.75) is 70.1 Å². The summed E-state index contributed by atoms with van der Waals surface area (Å²) in [7, 11) is 0. The lowest BCUT2D eigenvalue weighted by molar-refractivity contribution is -0.0466. The third-order valence-electron chi connectivity index (χ3n) is 4.80. The van der Waals surface area contributed by atoms with E-state index in [1.54, 1.807) is 0 Å². The predicted molar refractivity (Wildman–Crippen MR) is 60.6 cm³/mol. The van der Waals surface area contributed by atoms with Crippen molar-refractivity contribution in [2.75, 3.05) is 6.73 Å². The van der Waals surface area contributed by atoms with Crippen LogP contribution in [0.1, 0.15) is 51.9 Å². The molecule has 2 heterocycles. The van der Waals surface area contributed by atoms with E-state index < -0.39 is 0 Å². The van der Waals surface area contributed by atoms with E-state index in [-0.39, 0.29) is 0 Å². The molecule has 0 spiro atoms. The highest BCUT2D eigenvalue weighted by Gasteiger charge is 2.38. The molecular weight excluding hydrogens is 186 g/mol. The van der Waals surface area contributed by atoms with E-state index in [0.717, 1.165) is 24.7 Å². The van der Waals surface area contributed by atoms with Crippen molar-refractivity contribution in [1.29, 1.82) is 0 Å². The summed E-state index contributed by atoms with van der Waals surface area (Å²) in [5.41, 5.74) is 0. The summed E-state index contributed by atoms with van der Waals surface area (Å²) in [6.45, 7) is 3.28. The van der Waals surface area contributed by atoms with Gasteiger partial charge in [0.25, 0.3) is 0 Å². The molecule has 0 bridgehead atoms. The Balaban J connectivity index is 1.74. The van der Waals surface area contributed by atoms with Gasteiger partial charge in [0, 0.05) is 12.1 Å². The molecule has 2 nitrogen and oxygen atoms in total. The topological polar surface area (TPSA) is 12.5 Å². The number of nitrogens with zero attached hydrogens (tertiary/aromatic N) is 1. The zero-order valence-electron chi connectivity index (χ0n) is 9.82. The molecule has 3 rings (SSSR count). The van der Waals surface area contributed by atoms with Crippen LogP contribution in [0.15, 0.2) is 0 Å². The van der Waals surface area contributed by atoms with Gasteiger partial charge < -0.3 is 4.74 Å². The molecule has 0 amide bonds. The Labute approximate surface area is 93.0 Å². The van der Waals surface area contributed by atoms with Gasteiger partial charge in [0.2, 0.25) is 0 Å². The van der Waals surface area contributed by atoms with Gasteiger partial charge in [-0.25, -0.2) is 0 Å². The maximum Gasteiger partial charge on any atom is 0.0998 e. The van der Waals surface area contributed by atoms with E-state index in [0.29, 0.717) is 6.10 Å². The molecule has 0 aromatic carbocycles.